The first-order valence-electron chi connectivity index (χ1n) is 8.40. The Labute approximate surface area is 156 Å². The van der Waals surface area contributed by atoms with Gasteiger partial charge in [-0.25, -0.2) is 9.78 Å². The first kappa shape index (κ1) is 18.0. The van der Waals surface area contributed by atoms with Gasteiger partial charge in [-0.2, -0.15) is 0 Å². The summed E-state index contributed by atoms with van der Waals surface area (Å²) in [5.41, 5.74) is 0.844. The summed E-state index contributed by atoms with van der Waals surface area (Å²) in [5.74, 6) is 1.29. The molecule has 0 atom stereocenters. The van der Waals surface area contributed by atoms with Gasteiger partial charge in [0.05, 0.1) is 26.0 Å². The van der Waals surface area contributed by atoms with E-state index < -0.39 is 0 Å². The van der Waals surface area contributed by atoms with Gasteiger partial charge in [0.25, 0.3) is 0 Å². The van der Waals surface area contributed by atoms with Gasteiger partial charge in [0, 0.05) is 23.2 Å². The quantitative estimate of drug-likeness (QED) is 0.649. The zero-order valence-corrected chi connectivity index (χ0v) is 15.4. The zero-order chi connectivity index (χ0) is 18.2. The van der Waals surface area contributed by atoms with Crippen LogP contribution >= 0.6 is 11.3 Å². The molecular weight excluding hydrogens is 350 g/mol. The lowest BCUT2D eigenvalue weighted by Crippen LogP contribution is -2.38. The highest BCUT2D eigenvalue weighted by atomic mass is 32.1. The number of hydrogen-bond acceptors (Lipinski definition) is 5. The Bertz CT molecular complexity index is 767. The van der Waals surface area contributed by atoms with E-state index in [9.17, 15) is 4.79 Å². The average Bonchev–Trinajstić information content (AvgIpc) is 3.34. The SMILES string of the molecule is CCOc1ncccc1CNC(=O)N(Cc1ccco1)Cc1cccs1. The molecule has 1 N–H and O–H groups in total. The number of carbonyl (C=O) groups excluding carboxylic acids is 1. The second-order valence-corrected chi connectivity index (χ2v) is 6.61. The van der Waals surface area contributed by atoms with Crippen molar-refractivity contribution in [3.63, 3.8) is 0 Å². The standard InChI is InChI=1S/C19H21N3O3S/c1-2-24-18-15(6-3-9-20-18)12-21-19(23)22(13-16-7-4-10-25-16)14-17-8-5-11-26-17/h3-11H,2,12-14H2,1H3,(H,21,23). The molecule has 26 heavy (non-hydrogen) atoms. The molecule has 0 aliphatic carbocycles. The Morgan fingerprint density at radius 3 is 2.92 bits per heavy atom. The summed E-state index contributed by atoms with van der Waals surface area (Å²) in [6.45, 7) is 3.71. The predicted molar refractivity (Wildman–Crippen MR) is 99.9 cm³/mol. The molecule has 0 aliphatic heterocycles. The number of ether oxygens (including phenoxy) is 1. The van der Waals surface area contributed by atoms with Crippen molar-refractivity contribution in [2.45, 2.75) is 26.6 Å². The van der Waals surface area contributed by atoms with Gasteiger partial charge in [0.1, 0.15) is 5.76 Å². The Hall–Kier alpha value is -2.80. The fraction of sp³-hybridized carbons (Fsp3) is 0.263. The molecule has 0 aromatic carbocycles. The Morgan fingerprint density at radius 2 is 2.19 bits per heavy atom. The number of nitrogens with one attached hydrogen (secondary N) is 1. The molecule has 0 fully saturated rings. The third kappa shape index (κ3) is 4.86. The highest BCUT2D eigenvalue weighted by Crippen LogP contribution is 2.17. The van der Waals surface area contributed by atoms with E-state index in [0.29, 0.717) is 32.1 Å². The van der Waals surface area contributed by atoms with E-state index in [1.807, 2.05) is 48.7 Å². The Kier molecular flexibility index (Phi) is 6.27. The second-order valence-electron chi connectivity index (χ2n) is 5.57. The van der Waals surface area contributed by atoms with E-state index in [-0.39, 0.29) is 6.03 Å². The first-order valence-corrected chi connectivity index (χ1v) is 9.28. The number of furan rings is 1. The van der Waals surface area contributed by atoms with Gasteiger partial charge in [0.2, 0.25) is 5.88 Å². The maximum Gasteiger partial charge on any atom is 0.318 e. The van der Waals surface area contributed by atoms with Crippen LogP contribution in [0.4, 0.5) is 4.79 Å². The number of hydrogen-bond donors (Lipinski definition) is 1. The van der Waals surface area contributed by atoms with Gasteiger partial charge in [0.15, 0.2) is 0 Å². The zero-order valence-electron chi connectivity index (χ0n) is 14.6. The van der Waals surface area contributed by atoms with Crippen LogP contribution in [0.3, 0.4) is 0 Å². The number of thiophene rings is 1. The molecule has 0 radical (unpaired) electrons. The van der Waals surface area contributed by atoms with Crippen LogP contribution in [0.5, 0.6) is 5.88 Å². The summed E-state index contributed by atoms with van der Waals surface area (Å²) in [6.07, 6.45) is 3.29. The lowest BCUT2D eigenvalue weighted by molar-refractivity contribution is 0.187. The molecule has 3 aromatic rings. The number of rotatable bonds is 8. The molecule has 0 aliphatic rings. The van der Waals surface area contributed by atoms with Crippen LogP contribution in [-0.2, 0) is 19.6 Å². The van der Waals surface area contributed by atoms with E-state index in [1.165, 1.54) is 0 Å². The topological polar surface area (TPSA) is 67.6 Å². The van der Waals surface area contributed by atoms with E-state index in [4.69, 9.17) is 9.15 Å². The van der Waals surface area contributed by atoms with Crippen LogP contribution in [0.2, 0.25) is 0 Å². The maximum absolute atomic E-state index is 12.8. The number of urea groups is 1. The van der Waals surface area contributed by atoms with Crippen LogP contribution in [0, 0.1) is 0 Å². The first-order chi connectivity index (χ1) is 12.8. The van der Waals surface area contributed by atoms with Gasteiger partial charge in [-0.3, -0.25) is 0 Å². The lowest BCUT2D eigenvalue weighted by Gasteiger charge is -2.22. The molecule has 3 rings (SSSR count). The molecule has 0 saturated heterocycles. The third-order valence-electron chi connectivity index (χ3n) is 3.70. The van der Waals surface area contributed by atoms with Crippen molar-refractivity contribution in [1.29, 1.82) is 0 Å². The van der Waals surface area contributed by atoms with Crippen molar-refractivity contribution in [2.75, 3.05) is 6.61 Å². The van der Waals surface area contributed by atoms with Crippen LogP contribution in [0.1, 0.15) is 23.1 Å². The fourth-order valence-electron chi connectivity index (χ4n) is 2.49. The van der Waals surface area contributed by atoms with Gasteiger partial charge < -0.3 is 19.4 Å². The van der Waals surface area contributed by atoms with Crippen molar-refractivity contribution in [2.24, 2.45) is 0 Å². The number of amides is 2. The average molecular weight is 371 g/mol. The molecule has 136 valence electrons. The van der Waals surface area contributed by atoms with Gasteiger partial charge in [-0.15, -0.1) is 11.3 Å². The van der Waals surface area contributed by atoms with Gasteiger partial charge in [-0.1, -0.05) is 12.1 Å². The minimum atomic E-state index is -0.166. The third-order valence-corrected chi connectivity index (χ3v) is 4.56. The molecule has 7 heteroatoms. The Balaban J connectivity index is 1.67. The monoisotopic (exact) mass is 371 g/mol. The lowest BCUT2D eigenvalue weighted by atomic mass is 10.2. The largest absolute Gasteiger partial charge is 0.478 e. The van der Waals surface area contributed by atoms with Gasteiger partial charge >= 0.3 is 6.03 Å². The van der Waals surface area contributed by atoms with Crippen LogP contribution in [-0.4, -0.2) is 22.5 Å². The molecule has 0 bridgehead atoms. The molecule has 0 saturated carbocycles. The van der Waals surface area contributed by atoms with E-state index in [2.05, 4.69) is 10.3 Å². The molecule has 3 heterocycles. The number of pyridine rings is 1. The van der Waals surface area contributed by atoms with Crippen molar-refractivity contribution in [1.82, 2.24) is 15.2 Å². The van der Waals surface area contributed by atoms with Crippen molar-refractivity contribution < 1.29 is 13.9 Å². The van der Waals surface area contributed by atoms with Crippen LogP contribution in [0.15, 0.2) is 58.7 Å². The van der Waals surface area contributed by atoms with Gasteiger partial charge in [-0.05, 0) is 36.6 Å². The summed E-state index contributed by atoms with van der Waals surface area (Å²) in [5, 5.41) is 4.95. The smallest absolute Gasteiger partial charge is 0.318 e. The van der Waals surface area contributed by atoms with Crippen LogP contribution < -0.4 is 10.1 Å². The van der Waals surface area contributed by atoms with Crippen molar-refractivity contribution in [3.05, 3.63) is 70.4 Å². The predicted octanol–water partition coefficient (Wildman–Crippen LogP) is 4.05. The summed E-state index contributed by atoms with van der Waals surface area (Å²) < 4.78 is 10.9. The van der Waals surface area contributed by atoms with E-state index in [0.717, 1.165) is 16.2 Å². The second kappa shape index (κ2) is 9.05. The minimum absolute atomic E-state index is 0.166. The van der Waals surface area contributed by atoms with Crippen molar-refractivity contribution in [3.8, 4) is 5.88 Å². The minimum Gasteiger partial charge on any atom is -0.478 e. The number of carbonyl (C=O) groups is 1. The molecule has 0 unspecified atom stereocenters. The normalized spacial score (nSPS) is 10.5. The highest BCUT2D eigenvalue weighted by molar-refractivity contribution is 7.09. The molecule has 6 nitrogen and oxygen atoms in total. The fourth-order valence-corrected chi connectivity index (χ4v) is 3.21. The molecule has 2 amide bonds. The number of aromatic nitrogens is 1. The molecular formula is C19H21N3O3S. The molecule has 0 spiro atoms. The Morgan fingerprint density at radius 1 is 1.27 bits per heavy atom. The van der Waals surface area contributed by atoms with E-state index >= 15 is 0 Å². The summed E-state index contributed by atoms with van der Waals surface area (Å²) >= 11 is 1.62. The maximum atomic E-state index is 12.8. The summed E-state index contributed by atoms with van der Waals surface area (Å²) in [6, 6.07) is 11.2. The molecule has 3 aromatic heterocycles. The summed E-state index contributed by atoms with van der Waals surface area (Å²) in [4.78, 5) is 19.8. The summed E-state index contributed by atoms with van der Waals surface area (Å²) in [7, 11) is 0. The van der Waals surface area contributed by atoms with Crippen LogP contribution in [0.25, 0.3) is 0 Å². The highest BCUT2D eigenvalue weighted by Gasteiger charge is 2.17. The van der Waals surface area contributed by atoms with E-state index in [1.54, 1.807) is 28.7 Å². The number of nitrogens with zero attached hydrogens (tertiary/aromatic N) is 2. The van der Waals surface area contributed by atoms with Crippen molar-refractivity contribution >= 4 is 17.4 Å².